The SMILES string of the molecule is Fc1ccc(C2CC[NH2+]C2)cc1.O=C([O-])C(F)(F)F. The molecule has 1 atom stereocenters. The van der Waals surface area contributed by atoms with Crippen LogP contribution in [0.25, 0.3) is 0 Å². The van der Waals surface area contributed by atoms with Crippen LogP contribution < -0.4 is 10.4 Å². The van der Waals surface area contributed by atoms with Gasteiger partial charge in [0, 0.05) is 12.3 Å². The van der Waals surface area contributed by atoms with Crippen molar-refractivity contribution in [2.45, 2.75) is 18.5 Å². The molecule has 0 aromatic heterocycles. The molecule has 1 fully saturated rings. The summed E-state index contributed by atoms with van der Waals surface area (Å²) in [7, 11) is 0. The Hall–Kier alpha value is -1.63. The highest BCUT2D eigenvalue weighted by Gasteiger charge is 2.28. The molecule has 1 heterocycles. The second-order valence-electron chi connectivity index (χ2n) is 4.14. The van der Waals surface area contributed by atoms with E-state index in [1.165, 1.54) is 18.5 Å². The fraction of sp³-hybridized carbons (Fsp3) is 0.417. The van der Waals surface area contributed by atoms with Crippen LogP contribution >= 0.6 is 0 Å². The van der Waals surface area contributed by atoms with Crippen molar-refractivity contribution in [1.82, 2.24) is 0 Å². The Morgan fingerprint density at radius 1 is 1.26 bits per heavy atom. The summed E-state index contributed by atoms with van der Waals surface area (Å²) in [5.74, 6) is -2.50. The molecule has 1 aromatic rings. The van der Waals surface area contributed by atoms with E-state index in [-0.39, 0.29) is 5.82 Å². The van der Waals surface area contributed by atoms with Crippen molar-refractivity contribution in [3.05, 3.63) is 35.6 Å². The van der Waals surface area contributed by atoms with Crippen LogP contribution in [0.3, 0.4) is 0 Å². The van der Waals surface area contributed by atoms with Crippen LogP contribution in [0.15, 0.2) is 24.3 Å². The monoisotopic (exact) mass is 279 g/mol. The third-order valence-electron chi connectivity index (χ3n) is 2.74. The molecule has 106 valence electrons. The Balaban J connectivity index is 0.000000224. The van der Waals surface area contributed by atoms with E-state index in [1.807, 2.05) is 12.1 Å². The van der Waals surface area contributed by atoms with Gasteiger partial charge in [-0.3, -0.25) is 0 Å². The van der Waals surface area contributed by atoms with E-state index in [1.54, 1.807) is 12.1 Å². The predicted molar refractivity (Wildman–Crippen MR) is 56.5 cm³/mol. The second kappa shape index (κ2) is 6.51. The molecule has 0 radical (unpaired) electrons. The van der Waals surface area contributed by atoms with Gasteiger partial charge in [0.1, 0.15) is 11.8 Å². The molecule has 1 aliphatic rings. The van der Waals surface area contributed by atoms with Gasteiger partial charge in [-0.05, 0) is 17.7 Å². The molecule has 1 saturated heterocycles. The average molecular weight is 279 g/mol. The van der Waals surface area contributed by atoms with E-state index < -0.39 is 12.1 Å². The lowest BCUT2D eigenvalue weighted by atomic mass is 9.99. The van der Waals surface area contributed by atoms with E-state index in [4.69, 9.17) is 9.90 Å². The lowest BCUT2D eigenvalue weighted by molar-refractivity contribution is -0.636. The summed E-state index contributed by atoms with van der Waals surface area (Å²) in [5, 5.41) is 11.1. The third kappa shape index (κ3) is 5.25. The van der Waals surface area contributed by atoms with Gasteiger partial charge in [-0.25, -0.2) is 4.39 Å². The van der Waals surface area contributed by atoms with Crippen LogP contribution in [-0.2, 0) is 4.79 Å². The number of rotatable bonds is 1. The van der Waals surface area contributed by atoms with E-state index in [0.717, 1.165) is 6.54 Å². The number of carboxylic acids is 1. The predicted octanol–water partition coefficient (Wildman–Crippen LogP) is 0.175. The topological polar surface area (TPSA) is 56.7 Å². The highest BCUT2D eigenvalue weighted by atomic mass is 19.4. The molecule has 0 amide bonds. The zero-order valence-electron chi connectivity index (χ0n) is 9.91. The maximum atomic E-state index is 12.6. The first-order chi connectivity index (χ1) is 8.80. The maximum absolute atomic E-state index is 12.6. The van der Waals surface area contributed by atoms with E-state index in [2.05, 4.69) is 5.32 Å². The number of carbonyl (C=O) groups is 1. The largest absolute Gasteiger partial charge is 0.542 e. The van der Waals surface area contributed by atoms with Crippen LogP contribution in [0, 0.1) is 5.82 Å². The number of aliphatic carboxylic acids is 1. The Morgan fingerprint density at radius 2 is 1.79 bits per heavy atom. The number of alkyl halides is 3. The number of halogens is 4. The van der Waals surface area contributed by atoms with E-state index >= 15 is 0 Å². The Labute approximate surface area is 107 Å². The normalized spacial score (nSPS) is 18.6. The molecule has 19 heavy (non-hydrogen) atoms. The summed E-state index contributed by atoms with van der Waals surface area (Å²) in [6.45, 7) is 2.37. The minimum Gasteiger partial charge on any atom is -0.542 e. The van der Waals surface area contributed by atoms with Crippen molar-refractivity contribution in [1.29, 1.82) is 0 Å². The second-order valence-corrected chi connectivity index (χ2v) is 4.14. The summed E-state index contributed by atoms with van der Waals surface area (Å²) >= 11 is 0. The van der Waals surface area contributed by atoms with Crippen LogP contribution in [0.2, 0.25) is 0 Å². The van der Waals surface area contributed by atoms with Gasteiger partial charge in [0.25, 0.3) is 0 Å². The van der Waals surface area contributed by atoms with Crippen LogP contribution in [0.4, 0.5) is 17.6 Å². The van der Waals surface area contributed by atoms with Crippen LogP contribution in [0.1, 0.15) is 17.9 Å². The van der Waals surface area contributed by atoms with Gasteiger partial charge in [0.15, 0.2) is 0 Å². The minimum atomic E-state index is -5.19. The molecular formula is C12H13F4NO2. The highest BCUT2D eigenvalue weighted by molar-refractivity contribution is 5.70. The lowest BCUT2D eigenvalue weighted by Gasteiger charge is -2.04. The smallest absolute Gasteiger partial charge is 0.430 e. The van der Waals surface area contributed by atoms with Crippen molar-refractivity contribution in [2.75, 3.05) is 13.1 Å². The van der Waals surface area contributed by atoms with Gasteiger partial charge in [-0.1, -0.05) is 12.1 Å². The van der Waals surface area contributed by atoms with Crippen LogP contribution in [0.5, 0.6) is 0 Å². The summed E-state index contributed by atoms with van der Waals surface area (Å²) in [6.07, 6.45) is -3.97. The molecule has 2 N–H and O–H groups in total. The molecule has 0 aliphatic carbocycles. The lowest BCUT2D eigenvalue weighted by Crippen LogP contribution is -2.81. The van der Waals surface area contributed by atoms with Crippen LogP contribution in [-0.4, -0.2) is 25.2 Å². The van der Waals surface area contributed by atoms with E-state index in [0.29, 0.717) is 5.92 Å². The van der Waals surface area contributed by atoms with Crippen molar-refractivity contribution in [3.63, 3.8) is 0 Å². The fourth-order valence-corrected chi connectivity index (χ4v) is 1.79. The van der Waals surface area contributed by atoms with Gasteiger partial charge < -0.3 is 15.2 Å². The van der Waals surface area contributed by atoms with Gasteiger partial charge in [0.05, 0.1) is 13.1 Å². The number of hydrogen-bond acceptors (Lipinski definition) is 2. The number of quaternary nitrogens is 1. The van der Waals surface area contributed by atoms with E-state index in [9.17, 15) is 17.6 Å². The zero-order valence-corrected chi connectivity index (χ0v) is 9.91. The molecule has 0 spiro atoms. The standard InChI is InChI=1S/C10H12FN.C2HF3O2/c11-10-3-1-8(2-4-10)9-5-6-12-7-9;3-2(4,5)1(6)7/h1-4,9,12H,5-7H2;(H,6,7). The van der Waals surface area contributed by atoms with Crippen molar-refractivity contribution < 1.29 is 32.8 Å². The van der Waals surface area contributed by atoms with Gasteiger partial charge in [0.2, 0.25) is 0 Å². The number of benzene rings is 1. The number of hydrogen-bond donors (Lipinski definition) is 1. The summed E-state index contributed by atoms with van der Waals surface area (Å²) in [5.41, 5.74) is 1.28. The summed E-state index contributed by atoms with van der Waals surface area (Å²) in [4.78, 5) is 8.78. The summed E-state index contributed by atoms with van der Waals surface area (Å²) in [6, 6.07) is 6.90. The minimum absolute atomic E-state index is 0.138. The molecule has 2 rings (SSSR count). The Bertz CT molecular complexity index is 411. The molecule has 3 nitrogen and oxygen atoms in total. The van der Waals surface area contributed by atoms with Gasteiger partial charge in [-0.2, -0.15) is 13.2 Å². The average Bonchev–Trinajstić information content (AvgIpc) is 2.83. The molecule has 0 bridgehead atoms. The number of nitrogens with two attached hydrogens (primary N) is 1. The molecule has 0 saturated carbocycles. The number of carbonyl (C=O) groups excluding carboxylic acids is 1. The molecule has 1 unspecified atom stereocenters. The Kier molecular flexibility index (Phi) is 5.29. The fourth-order valence-electron chi connectivity index (χ4n) is 1.79. The first-order valence-corrected chi connectivity index (χ1v) is 5.66. The first-order valence-electron chi connectivity index (χ1n) is 5.66. The van der Waals surface area contributed by atoms with Crippen molar-refractivity contribution in [3.8, 4) is 0 Å². The maximum Gasteiger partial charge on any atom is 0.430 e. The van der Waals surface area contributed by atoms with Gasteiger partial charge in [-0.15, -0.1) is 0 Å². The van der Waals surface area contributed by atoms with Crippen molar-refractivity contribution in [2.24, 2.45) is 0 Å². The van der Waals surface area contributed by atoms with Crippen molar-refractivity contribution >= 4 is 5.97 Å². The Morgan fingerprint density at radius 3 is 2.16 bits per heavy atom. The molecule has 1 aliphatic heterocycles. The quantitative estimate of drug-likeness (QED) is 0.745. The molecule has 1 aromatic carbocycles. The summed E-state index contributed by atoms with van der Waals surface area (Å²) < 4.78 is 44.1. The highest BCUT2D eigenvalue weighted by Crippen LogP contribution is 2.19. The molecular weight excluding hydrogens is 266 g/mol. The van der Waals surface area contributed by atoms with Gasteiger partial charge >= 0.3 is 6.18 Å². The molecule has 7 heteroatoms. The zero-order chi connectivity index (χ0) is 14.5. The number of carboxylic acid groups (broad SMARTS) is 1. The third-order valence-corrected chi connectivity index (χ3v) is 2.74. The first kappa shape index (κ1) is 15.4.